The minimum absolute atomic E-state index is 0.151. The van der Waals surface area contributed by atoms with Crippen molar-refractivity contribution in [2.75, 3.05) is 4.90 Å². The molecule has 29 heavy (non-hydrogen) atoms. The molecule has 0 bridgehead atoms. The molecule has 2 aliphatic carbocycles. The van der Waals surface area contributed by atoms with Gasteiger partial charge in [-0.05, 0) is 62.4 Å². The predicted octanol–water partition coefficient (Wildman–Crippen LogP) is 3.75. The van der Waals surface area contributed by atoms with Gasteiger partial charge in [-0.15, -0.1) is 0 Å². The summed E-state index contributed by atoms with van der Waals surface area (Å²) in [6.07, 6.45) is 6.70. The minimum Gasteiger partial charge on any atom is -0.390 e. The second-order valence-electron chi connectivity index (χ2n) is 8.96. The van der Waals surface area contributed by atoms with E-state index in [1.807, 2.05) is 36.1 Å². The molecule has 1 aromatic carbocycles. The van der Waals surface area contributed by atoms with Crippen molar-refractivity contribution in [3.63, 3.8) is 0 Å². The Labute approximate surface area is 173 Å². The molecule has 3 aliphatic rings. The van der Waals surface area contributed by atoms with E-state index in [0.29, 0.717) is 24.4 Å². The van der Waals surface area contributed by atoms with Gasteiger partial charge in [-0.3, -0.25) is 9.78 Å². The molecule has 2 saturated carbocycles. The number of imidazole rings is 1. The van der Waals surface area contributed by atoms with E-state index >= 15 is 0 Å². The van der Waals surface area contributed by atoms with E-state index in [-0.39, 0.29) is 17.4 Å². The standard InChI is InChI=1S/C22H21ClN4O2/c1-21(29)9-14(10-21)27-17-3-2-13(23)8-16(17)25-19(27)12-26-18-11-24-7-4-15(18)22(5-6-22)20(26)28/h2-4,7-8,11,14,29H,5-6,9-10,12H2,1H3/t14-,21+. The van der Waals surface area contributed by atoms with E-state index in [4.69, 9.17) is 16.6 Å². The Hall–Kier alpha value is -2.44. The van der Waals surface area contributed by atoms with Crippen LogP contribution in [0.15, 0.2) is 36.7 Å². The molecule has 0 radical (unpaired) electrons. The van der Waals surface area contributed by atoms with Gasteiger partial charge in [0, 0.05) is 17.3 Å². The molecule has 1 spiro atoms. The van der Waals surface area contributed by atoms with Gasteiger partial charge in [0.25, 0.3) is 0 Å². The van der Waals surface area contributed by atoms with Gasteiger partial charge >= 0.3 is 0 Å². The van der Waals surface area contributed by atoms with Crippen molar-refractivity contribution in [3.05, 3.63) is 53.1 Å². The third-order valence-electron chi connectivity index (χ3n) is 6.75. The zero-order valence-electron chi connectivity index (χ0n) is 16.1. The fourth-order valence-electron chi connectivity index (χ4n) is 5.17. The van der Waals surface area contributed by atoms with Crippen LogP contribution < -0.4 is 4.90 Å². The SMILES string of the molecule is C[C@]1(O)C[C@@H](n2c(CN3C(=O)C4(CC4)c4ccncc43)nc3cc(Cl)ccc32)C1. The highest BCUT2D eigenvalue weighted by atomic mass is 35.5. The van der Waals surface area contributed by atoms with E-state index in [2.05, 4.69) is 9.55 Å². The Balaban J connectivity index is 1.45. The number of aromatic nitrogens is 3. The van der Waals surface area contributed by atoms with E-state index < -0.39 is 5.60 Å². The summed E-state index contributed by atoms with van der Waals surface area (Å²) in [6, 6.07) is 7.84. The molecule has 2 aromatic heterocycles. The van der Waals surface area contributed by atoms with Crippen molar-refractivity contribution in [2.45, 2.75) is 56.2 Å². The summed E-state index contributed by atoms with van der Waals surface area (Å²) in [6.45, 7) is 2.26. The first-order valence-corrected chi connectivity index (χ1v) is 10.4. The Bertz CT molecular complexity index is 1170. The summed E-state index contributed by atoms with van der Waals surface area (Å²) < 4.78 is 2.19. The summed E-state index contributed by atoms with van der Waals surface area (Å²) in [7, 11) is 0. The molecule has 6 nitrogen and oxygen atoms in total. The normalized spacial score (nSPS) is 26.8. The number of benzene rings is 1. The zero-order chi connectivity index (χ0) is 20.0. The Kier molecular flexibility index (Phi) is 3.35. The van der Waals surface area contributed by atoms with Gasteiger partial charge in [0.05, 0.1) is 40.5 Å². The molecule has 148 valence electrons. The van der Waals surface area contributed by atoms with Crippen LogP contribution in [0.5, 0.6) is 0 Å². The lowest BCUT2D eigenvalue weighted by atomic mass is 9.77. The van der Waals surface area contributed by atoms with Gasteiger partial charge in [0.1, 0.15) is 5.82 Å². The molecule has 2 fully saturated rings. The average molecular weight is 409 g/mol. The largest absolute Gasteiger partial charge is 0.390 e. The summed E-state index contributed by atoms with van der Waals surface area (Å²) in [5.41, 5.74) is 2.80. The van der Waals surface area contributed by atoms with Crippen molar-refractivity contribution in [3.8, 4) is 0 Å². The number of rotatable bonds is 3. The maximum atomic E-state index is 13.3. The molecular formula is C22H21ClN4O2. The van der Waals surface area contributed by atoms with Crippen molar-refractivity contribution in [1.82, 2.24) is 14.5 Å². The van der Waals surface area contributed by atoms with E-state index in [1.54, 1.807) is 12.4 Å². The van der Waals surface area contributed by atoms with Gasteiger partial charge in [-0.2, -0.15) is 0 Å². The third-order valence-corrected chi connectivity index (χ3v) is 6.99. The number of amides is 1. The van der Waals surface area contributed by atoms with E-state index in [9.17, 15) is 9.90 Å². The van der Waals surface area contributed by atoms with Crippen LogP contribution in [0.2, 0.25) is 5.02 Å². The van der Waals surface area contributed by atoms with Crippen molar-refractivity contribution < 1.29 is 9.90 Å². The number of anilines is 1. The number of carbonyl (C=O) groups excluding carboxylic acids is 1. The third kappa shape index (κ3) is 2.42. The van der Waals surface area contributed by atoms with Gasteiger partial charge in [-0.1, -0.05) is 11.6 Å². The number of aliphatic hydroxyl groups is 1. The second-order valence-corrected chi connectivity index (χ2v) is 9.39. The fraction of sp³-hybridized carbons (Fsp3) is 0.409. The van der Waals surface area contributed by atoms with Gasteiger partial charge in [-0.25, -0.2) is 4.98 Å². The Morgan fingerprint density at radius 1 is 1.28 bits per heavy atom. The maximum Gasteiger partial charge on any atom is 0.238 e. The molecule has 0 unspecified atom stereocenters. The number of nitrogens with zero attached hydrogens (tertiary/aromatic N) is 4. The number of hydrogen-bond acceptors (Lipinski definition) is 4. The smallest absolute Gasteiger partial charge is 0.238 e. The highest BCUT2D eigenvalue weighted by molar-refractivity contribution is 6.31. The molecule has 6 rings (SSSR count). The topological polar surface area (TPSA) is 71.2 Å². The first-order chi connectivity index (χ1) is 13.9. The quantitative estimate of drug-likeness (QED) is 0.716. The summed E-state index contributed by atoms with van der Waals surface area (Å²) in [5, 5.41) is 10.9. The van der Waals surface area contributed by atoms with Crippen molar-refractivity contribution in [2.24, 2.45) is 0 Å². The van der Waals surface area contributed by atoms with Crippen molar-refractivity contribution >= 4 is 34.2 Å². The molecule has 3 aromatic rings. The summed E-state index contributed by atoms with van der Waals surface area (Å²) in [5.74, 6) is 0.973. The molecule has 1 amide bonds. The van der Waals surface area contributed by atoms with Gasteiger partial charge < -0.3 is 14.6 Å². The molecule has 1 aliphatic heterocycles. The van der Waals surface area contributed by atoms with Crippen LogP contribution in [0.25, 0.3) is 11.0 Å². The number of pyridine rings is 1. The summed E-state index contributed by atoms with van der Waals surface area (Å²) in [4.78, 5) is 24.2. The van der Waals surface area contributed by atoms with Crippen LogP contribution >= 0.6 is 11.6 Å². The molecule has 0 atom stereocenters. The van der Waals surface area contributed by atoms with Gasteiger partial charge in [0.15, 0.2) is 0 Å². The van der Waals surface area contributed by atoms with Crippen LogP contribution in [0, 0.1) is 0 Å². The molecule has 1 N–H and O–H groups in total. The van der Waals surface area contributed by atoms with Crippen LogP contribution in [-0.2, 0) is 16.8 Å². The molecular weight excluding hydrogens is 388 g/mol. The Morgan fingerprint density at radius 2 is 2.07 bits per heavy atom. The first kappa shape index (κ1) is 17.4. The summed E-state index contributed by atoms with van der Waals surface area (Å²) >= 11 is 6.20. The van der Waals surface area contributed by atoms with Crippen LogP contribution in [0.3, 0.4) is 0 Å². The number of halogens is 1. The number of hydrogen-bond donors (Lipinski definition) is 1. The number of carbonyl (C=O) groups is 1. The van der Waals surface area contributed by atoms with E-state index in [0.717, 1.165) is 41.0 Å². The average Bonchev–Trinajstić information content (AvgIpc) is 3.35. The highest BCUT2D eigenvalue weighted by Gasteiger charge is 2.59. The van der Waals surface area contributed by atoms with Crippen molar-refractivity contribution in [1.29, 1.82) is 0 Å². The van der Waals surface area contributed by atoms with E-state index in [1.165, 1.54) is 0 Å². The van der Waals surface area contributed by atoms with Gasteiger partial charge in [0.2, 0.25) is 5.91 Å². The lowest BCUT2D eigenvalue weighted by molar-refractivity contribution is -0.120. The monoisotopic (exact) mass is 408 g/mol. The Morgan fingerprint density at radius 3 is 2.79 bits per heavy atom. The highest BCUT2D eigenvalue weighted by Crippen LogP contribution is 2.57. The van der Waals surface area contributed by atoms with Crippen LogP contribution in [-0.4, -0.2) is 31.1 Å². The molecule has 7 heteroatoms. The van der Waals surface area contributed by atoms with Crippen LogP contribution in [0.4, 0.5) is 5.69 Å². The second kappa shape index (κ2) is 5.58. The van der Waals surface area contributed by atoms with Crippen LogP contribution in [0.1, 0.15) is 50.0 Å². The molecule has 0 saturated heterocycles. The number of fused-ring (bicyclic) bond motifs is 3. The lowest BCUT2D eigenvalue weighted by Crippen LogP contribution is -2.43. The minimum atomic E-state index is -0.650. The lowest BCUT2D eigenvalue weighted by Gasteiger charge is -2.42. The molecule has 3 heterocycles. The predicted molar refractivity (Wildman–Crippen MR) is 110 cm³/mol. The fourth-order valence-corrected chi connectivity index (χ4v) is 5.34. The zero-order valence-corrected chi connectivity index (χ0v) is 16.9. The maximum absolute atomic E-state index is 13.3. The first-order valence-electron chi connectivity index (χ1n) is 10.0.